The van der Waals surface area contributed by atoms with Crippen LogP contribution in [-0.4, -0.2) is 33.0 Å². The first-order valence-corrected chi connectivity index (χ1v) is 10.3. The molecule has 1 aromatic rings. The summed E-state index contributed by atoms with van der Waals surface area (Å²) in [5, 5.41) is 3.25. The van der Waals surface area contributed by atoms with Crippen LogP contribution in [0.25, 0.3) is 0 Å². The normalized spacial score (nSPS) is 13.3. The molecule has 0 fully saturated rings. The second-order valence-corrected chi connectivity index (χ2v) is 7.90. The highest BCUT2D eigenvalue weighted by molar-refractivity contribution is 7.98. The molecular formula is C15H26N2O2S2. The molecule has 1 aromatic carbocycles. The predicted molar refractivity (Wildman–Crippen MR) is 92.0 cm³/mol. The lowest BCUT2D eigenvalue weighted by Crippen LogP contribution is -2.33. The van der Waals surface area contributed by atoms with Gasteiger partial charge in [0.15, 0.2) is 0 Å². The van der Waals surface area contributed by atoms with Crippen molar-refractivity contribution in [1.29, 1.82) is 0 Å². The van der Waals surface area contributed by atoms with E-state index in [4.69, 9.17) is 0 Å². The van der Waals surface area contributed by atoms with Gasteiger partial charge in [0.1, 0.15) is 0 Å². The monoisotopic (exact) mass is 330 g/mol. The zero-order chi connectivity index (χ0) is 15.7. The number of hydrogen-bond acceptors (Lipinski definition) is 4. The van der Waals surface area contributed by atoms with E-state index in [1.165, 1.54) is 5.56 Å². The Morgan fingerprint density at radius 3 is 2.38 bits per heavy atom. The molecule has 0 aliphatic heterocycles. The van der Waals surface area contributed by atoms with E-state index in [0.29, 0.717) is 0 Å². The molecule has 0 saturated carbocycles. The Bertz CT molecular complexity index is 501. The Balaban J connectivity index is 2.54. The van der Waals surface area contributed by atoms with Gasteiger partial charge in [-0.05, 0) is 43.0 Å². The van der Waals surface area contributed by atoms with E-state index in [2.05, 4.69) is 17.0 Å². The van der Waals surface area contributed by atoms with Gasteiger partial charge >= 0.3 is 0 Å². The van der Waals surface area contributed by atoms with Gasteiger partial charge in [-0.15, -0.1) is 0 Å². The summed E-state index contributed by atoms with van der Waals surface area (Å²) in [5.74, 6) is 1.00. The molecule has 2 N–H and O–H groups in total. The maximum absolute atomic E-state index is 12.1. The maximum atomic E-state index is 12.1. The Labute approximate surface area is 133 Å². The number of hydrogen-bond donors (Lipinski definition) is 2. The van der Waals surface area contributed by atoms with Crippen molar-refractivity contribution in [2.45, 2.75) is 38.6 Å². The molecule has 0 aliphatic rings. The zero-order valence-corrected chi connectivity index (χ0v) is 14.7. The molecule has 0 saturated heterocycles. The SMILES string of the molecule is CCNCc1ccc(CS(=O)(=O)NC(C)CCSC)cc1. The third-order valence-corrected chi connectivity index (χ3v) is 5.21. The first-order chi connectivity index (χ1) is 9.96. The lowest BCUT2D eigenvalue weighted by atomic mass is 10.1. The molecule has 21 heavy (non-hydrogen) atoms. The lowest BCUT2D eigenvalue weighted by Gasteiger charge is -2.13. The van der Waals surface area contributed by atoms with Crippen molar-refractivity contribution >= 4 is 21.8 Å². The van der Waals surface area contributed by atoms with Gasteiger partial charge in [-0.25, -0.2) is 13.1 Å². The first-order valence-electron chi connectivity index (χ1n) is 7.24. The molecule has 1 rings (SSSR count). The highest BCUT2D eigenvalue weighted by Gasteiger charge is 2.15. The van der Waals surface area contributed by atoms with Gasteiger partial charge in [-0.1, -0.05) is 31.2 Å². The third kappa shape index (κ3) is 7.85. The Hall–Kier alpha value is -0.560. The minimum atomic E-state index is -3.27. The van der Waals surface area contributed by atoms with Crippen LogP contribution in [0.3, 0.4) is 0 Å². The van der Waals surface area contributed by atoms with E-state index < -0.39 is 10.0 Å². The second-order valence-electron chi connectivity index (χ2n) is 5.16. The summed E-state index contributed by atoms with van der Waals surface area (Å²) in [6.45, 7) is 5.71. The summed E-state index contributed by atoms with van der Waals surface area (Å²) in [6.07, 6.45) is 2.87. The molecule has 0 bridgehead atoms. The van der Waals surface area contributed by atoms with Gasteiger partial charge < -0.3 is 5.32 Å². The molecule has 0 aliphatic carbocycles. The Morgan fingerprint density at radius 1 is 1.19 bits per heavy atom. The van der Waals surface area contributed by atoms with Crippen LogP contribution in [0.4, 0.5) is 0 Å². The maximum Gasteiger partial charge on any atom is 0.216 e. The van der Waals surface area contributed by atoms with Gasteiger partial charge in [0, 0.05) is 12.6 Å². The largest absolute Gasteiger partial charge is 0.313 e. The molecule has 0 aromatic heterocycles. The van der Waals surface area contributed by atoms with Crippen LogP contribution in [0, 0.1) is 0 Å². The molecule has 1 unspecified atom stereocenters. The van der Waals surface area contributed by atoms with Crippen LogP contribution >= 0.6 is 11.8 Å². The predicted octanol–water partition coefficient (Wildman–Crippen LogP) is 2.36. The average Bonchev–Trinajstić information content (AvgIpc) is 2.43. The number of sulfonamides is 1. The summed E-state index contributed by atoms with van der Waals surface area (Å²) >= 11 is 1.73. The van der Waals surface area contributed by atoms with E-state index in [-0.39, 0.29) is 11.8 Å². The van der Waals surface area contributed by atoms with E-state index >= 15 is 0 Å². The molecule has 6 heteroatoms. The Kier molecular flexibility index (Phi) is 8.33. The van der Waals surface area contributed by atoms with E-state index in [9.17, 15) is 8.42 Å². The van der Waals surface area contributed by atoms with Crippen LogP contribution in [0.1, 0.15) is 31.4 Å². The smallest absolute Gasteiger partial charge is 0.216 e. The molecule has 0 amide bonds. The van der Waals surface area contributed by atoms with Gasteiger partial charge in [-0.2, -0.15) is 11.8 Å². The van der Waals surface area contributed by atoms with Gasteiger partial charge in [0.2, 0.25) is 10.0 Å². The van der Waals surface area contributed by atoms with E-state index in [0.717, 1.165) is 30.8 Å². The summed E-state index contributed by atoms with van der Waals surface area (Å²) in [6, 6.07) is 7.71. The molecule has 0 spiro atoms. The van der Waals surface area contributed by atoms with Crippen LogP contribution in [0.15, 0.2) is 24.3 Å². The van der Waals surface area contributed by atoms with Crippen molar-refractivity contribution in [2.75, 3.05) is 18.6 Å². The van der Waals surface area contributed by atoms with Gasteiger partial charge in [0.25, 0.3) is 0 Å². The fourth-order valence-electron chi connectivity index (χ4n) is 1.94. The number of nitrogens with one attached hydrogen (secondary N) is 2. The summed E-state index contributed by atoms with van der Waals surface area (Å²) < 4.78 is 26.9. The number of thioether (sulfide) groups is 1. The van der Waals surface area contributed by atoms with Crippen molar-refractivity contribution in [3.63, 3.8) is 0 Å². The van der Waals surface area contributed by atoms with Crippen LogP contribution in [0.2, 0.25) is 0 Å². The highest BCUT2D eigenvalue weighted by atomic mass is 32.2. The standard InChI is InChI=1S/C15H26N2O2S2/c1-4-16-11-14-5-7-15(8-6-14)12-21(18,19)17-13(2)9-10-20-3/h5-8,13,16-17H,4,9-12H2,1-3H3. The third-order valence-electron chi connectivity index (χ3n) is 3.09. The Morgan fingerprint density at radius 2 is 1.81 bits per heavy atom. The van der Waals surface area contributed by atoms with E-state index in [1.807, 2.05) is 37.4 Å². The average molecular weight is 331 g/mol. The van der Waals surface area contributed by atoms with E-state index in [1.54, 1.807) is 11.8 Å². The van der Waals surface area contributed by atoms with Crippen LogP contribution < -0.4 is 10.0 Å². The fraction of sp³-hybridized carbons (Fsp3) is 0.600. The van der Waals surface area contributed by atoms with Crippen molar-refractivity contribution in [3.05, 3.63) is 35.4 Å². The molecule has 120 valence electrons. The lowest BCUT2D eigenvalue weighted by molar-refractivity contribution is 0.556. The van der Waals surface area contributed by atoms with Crippen molar-refractivity contribution < 1.29 is 8.42 Å². The van der Waals surface area contributed by atoms with Crippen molar-refractivity contribution in [1.82, 2.24) is 10.0 Å². The number of rotatable bonds is 10. The number of benzene rings is 1. The van der Waals surface area contributed by atoms with Crippen LogP contribution in [0.5, 0.6) is 0 Å². The second kappa shape index (κ2) is 9.46. The minimum absolute atomic E-state index is 0.0181. The molecule has 0 radical (unpaired) electrons. The van der Waals surface area contributed by atoms with Crippen molar-refractivity contribution in [3.8, 4) is 0 Å². The summed E-state index contributed by atoms with van der Waals surface area (Å²) in [5.41, 5.74) is 1.99. The summed E-state index contributed by atoms with van der Waals surface area (Å²) in [7, 11) is -3.27. The van der Waals surface area contributed by atoms with Gasteiger partial charge in [-0.3, -0.25) is 0 Å². The quantitative estimate of drug-likeness (QED) is 0.691. The molecule has 0 heterocycles. The first kappa shape index (κ1) is 18.5. The fourth-order valence-corrected chi connectivity index (χ4v) is 3.98. The summed E-state index contributed by atoms with van der Waals surface area (Å²) in [4.78, 5) is 0. The van der Waals surface area contributed by atoms with Gasteiger partial charge in [0.05, 0.1) is 5.75 Å². The van der Waals surface area contributed by atoms with Crippen LogP contribution in [-0.2, 0) is 22.3 Å². The topological polar surface area (TPSA) is 58.2 Å². The zero-order valence-electron chi connectivity index (χ0n) is 13.1. The molecule has 1 atom stereocenters. The molecular weight excluding hydrogens is 304 g/mol. The highest BCUT2D eigenvalue weighted by Crippen LogP contribution is 2.09. The molecule has 4 nitrogen and oxygen atoms in total. The minimum Gasteiger partial charge on any atom is -0.313 e. The van der Waals surface area contributed by atoms with Crippen molar-refractivity contribution in [2.24, 2.45) is 0 Å².